The summed E-state index contributed by atoms with van der Waals surface area (Å²) in [5.41, 5.74) is 0.918. The summed E-state index contributed by atoms with van der Waals surface area (Å²) < 4.78 is 33.3. The van der Waals surface area contributed by atoms with Crippen LogP contribution >= 0.6 is 22.9 Å². The standard InChI is InChI=1S/C20H25ClN2O5S2/c1-13(2)19(22-30(26,27)16-8-5-14(3)6-9-16)20(25)28-12-18(24)23(4)11-15-7-10-17(21)29-15/h5-10,13,19,22H,11-12H2,1-4H3. The first-order chi connectivity index (χ1) is 14.0. The molecule has 2 aromatic rings. The molecule has 10 heteroatoms. The second kappa shape index (κ2) is 10.4. The van der Waals surface area contributed by atoms with Crippen LogP contribution in [0.3, 0.4) is 0 Å². The summed E-state index contributed by atoms with van der Waals surface area (Å²) in [4.78, 5) is 27.1. The zero-order valence-electron chi connectivity index (χ0n) is 17.2. The normalized spacial score (nSPS) is 12.6. The lowest BCUT2D eigenvalue weighted by molar-refractivity contribution is -0.154. The third-order valence-electron chi connectivity index (χ3n) is 4.32. The highest BCUT2D eigenvalue weighted by Gasteiger charge is 2.30. The van der Waals surface area contributed by atoms with Crippen LogP contribution in [0.15, 0.2) is 41.3 Å². The molecule has 0 aliphatic rings. The fourth-order valence-electron chi connectivity index (χ4n) is 2.50. The largest absolute Gasteiger partial charge is 0.454 e. The molecular weight excluding hydrogens is 448 g/mol. The van der Waals surface area contributed by atoms with Crippen LogP contribution in [0.5, 0.6) is 0 Å². The van der Waals surface area contributed by atoms with Crippen molar-refractivity contribution in [3.8, 4) is 0 Å². The van der Waals surface area contributed by atoms with Gasteiger partial charge in [0.2, 0.25) is 10.0 Å². The summed E-state index contributed by atoms with van der Waals surface area (Å²) in [7, 11) is -2.33. The van der Waals surface area contributed by atoms with E-state index in [0.29, 0.717) is 10.9 Å². The van der Waals surface area contributed by atoms with Gasteiger partial charge in [-0.2, -0.15) is 4.72 Å². The SMILES string of the molecule is Cc1ccc(S(=O)(=O)NC(C(=O)OCC(=O)N(C)Cc2ccc(Cl)s2)C(C)C)cc1. The number of thiophene rings is 1. The van der Waals surface area contributed by atoms with Crippen molar-refractivity contribution < 1.29 is 22.7 Å². The molecule has 0 fully saturated rings. The van der Waals surface area contributed by atoms with Crippen molar-refractivity contribution in [1.82, 2.24) is 9.62 Å². The van der Waals surface area contributed by atoms with E-state index in [4.69, 9.17) is 16.3 Å². The van der Waals surface area contributed by atoms with Gasteiger partial charge in [-0.15, -0.1) is 11.3 Å². The van der Waals surface area contributed by atoms with Crippen molar-refractivity contribution >= 4 is 44.8 Å². The number of esters is 1. The van der Waals surface area contributed by atoms with Crippen LogP contribution in [0.4, 0.5) is 0 Å². The topological polar surface area (TPSA) is 92.8 Å². The van der Waals surface area contributed by atoms with E-state index in [1.165, 1.54) is 28.4 Å². The Morgan fingerprint density at radius 1 is 1.17 bits per heavy atom. The van der Waals surface area contributed by atoms with E-state index in [-0.39, 0.29) is 10.8 Å². The summed E-state index contributed by atoms with van der Waals surface area (Å²) in [6, 6.07) is 8.72. The molecule has 1 aromatic heterocycles. The maximum absolute atomic E-state index is 12.6. The molecule has 1 atom stereocenters. The lowest BCUT2D eigenvalue weighted by atomic mass is 10.1. The predicted octanol–water partition coefficient (Wildman–Crippen LogP) is 3.21. The smallest absolute Gasteiger partial charge is 0.324 e. The van der Waals surface area contributed by atoms with Gasteiger partial charge in [0.15, 0.2) is 6.61 Å². The highest BCUT2D eigenvalue weighted by Crippen LogP contribution is 2.22. The number of nitrogens with zero attached hydrogens (tertiary/aromatic N) is 1. The van der Waals surface area contributed by atoms with E-state index in [0.717, 1.165) is 10.4 Å². The van der Waals surface area contributed by atoms with Gasteiger partial charge >= 0.3 is 5.97 Å². The average molecular weight is 473 g/mol. The number of aryl methyl sites for hydroxylation is 1. The summed E-state index contributed by atoms with van der Waals surface area (Å²) in [6.07, 6.45) is 0. The van der Waals surface area contributed by atoms with Crippen molar-refractivity contribution in [2.75, 3.05) is 13.7 Å². The molecular formula is C20H25ClN2O5S2. The number of likely N-dealkylation sites (N-methyl/N-ethyl adjacent to an activating group) is 1. The van der Waals surface area contributed by atoms with E-state index in [1.54, 1.807) is 39.1 Å². The number of amides is 1. The molecule has 0 aliphatic carbocycles. The number of benzene rings is 1. The minimum absolute atomic E-state index is 0.0527. The molecule has 0 spiro atoms. The van der Waals surface area contributed by atoms with Gasteiger partial charge in [0, 0.05) is 11.9 Å². The number of rotatable bonds is 9. The number of carbonyl (C=O) groups excluding carboxylic acids is 2. The lowest BCUT2D eigenvalue weighted by Gasteiger charge is -2.22. The molecule has 0 bridgehead atoms. The Balaban J connectivity index is 1.97. The minimum atomic E-state index is -3.92. The monoisotopic (exact) mass is 472 g/mol. The summed E-state index contributed by atoms with van der Waals surface area (Å²) in [6.45, 7) is 5.08. The van der Waals surface area contributed by atoms with Gasteiger partial charge in [0.1, 0.15) is 6.04 Å². The Morgan fingerprint density at radius 3 is 2.33 bits per heavy atom. The van der Waals surface area contributed by atoms with Gasteiger partial charge in [0.05, 0.1) is 15.8 Å². The maximum atomic E-state index is 12.6. The first-order valence-electron chi connectivity index (χ1n) is 9.23. The first kappa shape index (κ1) is 24.3. The van der Waals surface area contributed by atoms with Crippen molar-refractivity contribution in [2.45, 2.75) is 38.3 Å². The molecule has 1 aromatic carbocycles. The Hall–Kier alpha value is -1.94. The quantitative estimate of drug-likeness (QED) is 0.565. The van der Waals surface area contributed by atoms with E-state index >= 15 is 0 Å². The van der Waals surface area contributed by atoms with Crippen LogP contribution in [0.1, 0.15) is 24.3 Å². The van der Waals surface area contributed by atoms with Crippen molar-refractivity contribution in [2.24, 2.45) is 5.92 Å². The number of sulfonamides is 1. The van der Waals surface area contributed by atoms with Crippen molar-refractivity contribution in [1.29, 1.82) is 0 Å². The summed E-state index contributed by atoms with van der Waals surface area (Å²) in [5, 5.41) is 0. The van der Waals surface area contributed by atoms with Crippen molar-refractivity contribution in [3.05, 3.63) is 51.2 Å². The van der Waals surface area contributed by atoms with Crippen LogP contribution < -0.4 is 4.72 Å². The number of nitrogens with one attached hydrogen (secondary N) is 1. The fraction of sp³-hybridized carbons (Fsp3) is 0.400. The van der Waals surface area contributed by atoms with Crippen LogP contribution in [0, 0.1) is 12.8 Å². The zero-order valence-corrected chi connectivity index (χ0v) is 19.6. The van der Waals surface area contributed by atoms with E-state index in [9.17, 15) is 18.0 Å². The van der Waals surface area contributed by atoms with Gasteiger partial charge in [-0.25, -0.2) is 8.42 Å². The maximum Gasteiger partial charge on any atom is 0.324 e. The summed E-state index contributed by atoms with van der Waals surface area (Å²) >= 11 is 7.24. The lowest BCUT2D eigenvalue weighted by Crippen LogP contribution is -2.46. The molecule has 0 saturated heterocycles. The highest BCUT2D eigenvalue weighted by atomic mass is 35.5. The molecule has 1 N–H and O–H groups in total. The fourth-order valence-corrected chi connectivity index (χ4v) is 4.97. The molecule has 1 heterocycles. The molecule has 30 heavy (non-hydrogen) atoms. The third kappa shape index (κ3) is 6.80. The van der Waals surface area contributed by atoms with E-state index < -0.39 is 34.5 Å². The predicted molar refractivity (Wildman–Crippen MR) is 117 cm³/mol. The first-order valence-corrected chi connectivity index (χ1v) is 11.9. The third-order valence-corrected chi connectivity index (χ3v) is 6.99. The Morgan fingerprint density at radius 2 is 1.80 bits per heavy atom. The molecule has 0 radical (unpaired) electrons. The molecule has 1 amide bonds. The molecule has 2 rings (SSSR count). The molecule has 164 valence electrons. The second-order valence-corrected chi connectivity index (χ2v) is 10.7. The van der Waals surface area contributed by atoms with Gasteiger partial charge in [-0.05, 0) is 37.1 Å². The van der Waals surface area contributed by atoms with E-state index in [2.05, 4.69) is 4.72 Å². The van der Waals surface area contributed by atoms with Crippen LogP contribution in [0.2, 0.25) is 4.34 Å². The zero-order chi connectivity index (χ0) is 22.5. The van der Waals surface area contributed by atoms with Gasteiger partial charge in [0.25, 0.3) is 5.91 Å². The highest BCUT2D eigenvalue weighted by molar-refractivity contribution is 7.89. The molecule has 7 nitrogen and oxygen atoms in total. The average Bonchev–Trinajstić information content (AvgIpc) is 3.08. The van der Waals surface area contributed by atoms with Gasteiger partial charge in [-0.1, -0.05) is 43.1 Å². The summed E-state index contributed by atoms with van der Waals surface area (Å²) in [5.74, 6) is -1.59. The van der Waals surface area contributed by atoms with Crippen LogP contribution in [-0.4, -0.2) is 44.9 Å². The number of hydrogen-bond acceptors (Lipinski definition) is 6. The molecule has 0 aliphatic heterocycles. The van der Waals surface area contributed by atoms with Crippen LogP contribution in [0.25, 0.3) is 0 Å². The second-order valence-electron chi connectivity index (χ2n) is 7.22. The Labute approximate surface area is 186 Å². The minimum Gasteiger partial charge on any atom is -0.454 e. The Kier molecular flexibility index (Phi) is 8.42. The van der Waals surface area contributed by atoms with E-state index in [1.807, 2.05) is 13.0 Å². The molecule has 1 unspecified atom stereocenters. The Bertz CT molecular complexity index is 987. The number of carbonyl (C=O) groups is 2. The number of halogens is 1. The molecule has 0 saturated carbocycles. The van der Waals surface area contributed by atoms with Crippen molar-refractivity contribution in [3.63, 3.8) is 0 Å². The van der Waals surface area contributed by atoms with Gasteiger partial charge in [-0.3, -0.25) is 9.59 Å². The number of hydrogen-bond donors (Lipinski definition) is 1. The number of ether oxygens (including phenoxy) is 1. The van der Waals surface area contributed by atoms with Gasteiger partial charge < -0.3 is 9.64 Å². The van der Waals surface area contributed by atoms with Crippen LogP contribution in [-0.2, 0) is 30.9 Å².